The molecule has 5 heteroatoms. The third-order valence-corrected chi connectivity index (χ3v) is 4.52. The van der Waals surface area contributed by atoms with Crippen LogP contribution in [0.15, 0.2) is 82.0 Å². The molecule has 140 valence electrons. The van der Waals surface area contributed by atoms with E-state index in [0.29, 0.717) is 39.9 Å². The van der Waals surface area contributed by atoms with Crippen LogP contribution in [-0.2, 0) is 6.61 Å². The lowest BCUT2D eigenvalue weighted by Gasteiger charge is -2.10. The van der Waals surface area contributed by atoms with Gasteiger partial charge in [-0.25, -0.2) is 0 Å². The van der Waals surface area contributed by atoms with Crippen molar-refractivity contribution in [3.63, 3.8) is 0 Å². The highest BCUT2D eigenvalue weighted by molar-refractivity contribution is 6.30. The van der Waals surface area contributed by atoms with Crippen LogP contribution in [0.5, 0.6) is 17.2 Å². The van der Waals surface area contributed by atoms with Gasteiger partial charge in [0.25, 0.3) is 0 Å². The van der Waals surface area contributed by atoms with Gasteiger partial charge in [0, 0.05) is 11.1 Å². The van der Waals surface area contributed by atoms with Crippen LogP contribution in [-0.4, -0.2) is 0 Å². The lowest BCUT2D eigenvalue weighted by atomic mass is 10.2. The van der Waals surface area contributed by atoms with Crippen molar-refractivity contribution in [3.8, 4) is 17.2 Å². The Morgan fingerprint density at radius 1 is 0.929 bits per heavy atom. The molecule has 0 fully saturated rings. The molecule has 0 amide bonds. The zero-order chi connectivity index (χ0) is 19.5. The van der Waals surface area contributed by atoms with Crippen LogP contribution in [0, 0.1) is 6.92 Å². The summed E-state index contributed by atoms with van der Waals surface area (Å²) >= 11 is 5.89. The van der Waals surface area contributed by atoms with Crippen LogP contribution in [0.1, 0.15) is 11.3 Å². The number of hydrogen-bond donors (Lipinski definition) is 0. The summed E-state index contributed by atoms with van der Waals surface area (Å²) in [5.74, 6) is 1.80. The predicted molar refractivity (Wildman–Crippen MR) is 110 cm³/mol. The fraction of sp³-hybridized carbons (Fsp3) is 0.0870. The Bertz CT molecular complexity index is 1170. The van der Waals surface area contributed by atoms with E-state index in [4.69, 9.17) is 25.5 Å². The fourth-order valence-electron chi connectivity index (χ4n) is 2.83. The van der Waals surface area contributed by atoms with E-state index in [0.717, 1.165) is 5.56 Å². The summed E-state index contributed by atoms with van der Waals surface area (Å²) in [5, 5.41) is 1.12. The Labute approximate surface area is 166 Å². The van der Waals surface area contributed by atoms with Gasteiger partial charge in [-0.15, -0.1) is 0 Å². The standard InChI is InChI=1S/C23H17ClO4/c1-15-23(28-18-5-3-2-4-6-18)22(25)20-12-11-19(13-21(20)27-15)26-14-16-7-9-17(24)10-8-16/h2-13H,14H2,1H3. The third-order valence-electron chi connectivity index (χ3n) is 4.27. The molecule has 1 heterocycles. The zero-order valence-electron chi connectivity index (χ0n) is 15.1. The Morgan fingerprint density at radius 3 is 2.43 bits per heavy atom. The molecule has 1 aromatic heterocycles. The van der Waals surface area contributed by atoms with Crippen LogP contribution in [0.2, 0.25) is 5.02 Å². The highest BCUT2D eigenvalue weighted by Crippen LogP contribution is 2.27. The number of fused-ring (bicyclic) bond motifs is 1. The molecule has 0 radical (unpaired) electrons. The minimum Gasteiger partial charge on any atom is -0.489 e. The molecule has 0 aliphatic carbocycles. The van der Waals surface area contributed by atoms with Gasteiger partial charge in [-0.3, -0.25) is 4.79 Å². The topological polar surface area (TPSA) is 48.7 Å². The van der Waals surface area contributed by atoms with E-state index in [1.165, 1.54) is 0 Å². The van der Waals surface area contributed by atoms with Crippen molar-refractivity contribution in [3.05, 3.63) is 99.4 Å². The van der Waals surface area contributed by atoms with Gasteiger partial charge in [-0.1, -0.05) is 41.9 Å². The molecule has 0 aliphatic heterocycles. The molecule has 4 aromatic rings. The van der Waals surface area contributed by atoms with Crippen molar-refractivity contribution in [2.75, 3.05) is 0 Å². The second kappa shape index (κ2) is 7.79. The number of ether oxygens (including phenoxy) is 2. The maximum absolute atomic E-state index is 12.8. The maximum atomic E-state index is 12.8. The first-order chi connectivity index (χ1) is 13.6. The zero-order valence-corrected chi connectivity index (χ0v) is 15.9. The van der Waals surface area contributed by atoms with Gasteiger partial charge in [0.15, 0.2) is 0 Å². The van der Waals surface area contributed by atoms with Gasteiger partial charge in [0.2, 0.25) is 11.2 Å². The Kier molecular flexibility index (Phi) is 5.04. The molecular formula is C23H17ClO4. The summed E-state index contributed by atoms with van der Waals surface area (Å²) in [6, 6.07) is 21.7. The van der Waals surface area contributed by atoms with Crippen molar-refractivity contribution in [1.29, 1.82) is 0 Å². The molecule has 4 nitrogen and oxygen atoms in total. The number of benzene rings is 3. The molecule has 0 saturated carbocycles. The van der Waals surface area contributed by atoms with E-state index in [1.807, 2.05) is 42.5 Å². The number of para-hydroxylation sites is 1. The molecule has 4 rings (SSSR count). The molecule has 0 N–H and O–H groups in total. The molecule has 0 aliphatic rings. The van der Waals surface area contributed by atoms with Gasteiger partial charge in [-0.2, -0.15) is 0 Å². The normalized spacial score (nSPS) is 10.8. The predicted octanol–water partition coefficient (Wildman–Crippen LogP) is 6.13. The Hall–Kier alpha value is -3.24. The molecule has 0 unspecified atom stereocenters. The van der Waals surface area contributed by atoms with Gasteiger partial charge in [0.05, 0.1) is 5.39 Å². The number of aryl methyl sites for hydroxylation is 1. The Balaban J connectivity index is 1.60. The first-order valence-electron chi connectivity index (χ1n) is 8.78. The third kappa shape index (κ3) is 3.87. The van der Waals surface area contributed by atoms with Crippen molar-refractivity contribution in [2.45, 2.75) is 13.5 Å². The Morgan fingerprint density at radius 2 is 1.68 bits per heavy atom. The van der Waals surface area contributed by atoms with Crippen molar-refractivity contribution in [2.24, 2.45) is 0 Å². The molecule has 0 atom stereocenters. The first-order valence-corrected chi connectivity index (χ1v) is 9.15. The van der Waals surface area contributed by atoms with Crippen molar-refractivity contribution < 1.29 is 13.9 Å². The fourth-order valence-corrected chi connectivity index (χ4v) is 2.96. The van der Waals surface area contributed by atoms with Crippen LogP contribution in [0.4, 0.5) is 0 Å². The van der Waals surface area contributed by atoms with E-state index in [1.54, 1.807) is 37.3 Å². The molecule has 0 saturated heterocycles. The summed E-state index contributed by atoms with van der Waals surface area (Å²) in [5.41, 5.74) is 1.23. The average molecular weight is 393 g/mol. The van der Waals surface area contributed by atoms with E-state index in [2.05, 4.69) is 0 Å². The summed E-state index contributed by atoms with van der Waals surface area (Å²) in [6.45, 7) is 2.10. The van der Waals surface area contributed by atoms with Gasteiger partial charge < -0.3 is 13.9 Å². The molecule has 0 spiro atoms. The molecule has 3 aromatic carbocycles. The largest absolute Gasteiger partial charge is 0.489 e. The lowest BCUT2D eigenvalue weighted by molar-refractivity contribution is 0.306. The second-order valence-electron chi connectivity index (χ2n) is 6.30. The van der Waals surface area contributed by atoms with Crippen LogP contribution >= 0.6 is 11.6 Å². The van der Waals surface area contributed by atoms with Gasteiger partial charge in [-0.05, 0) is 48.9 Å². The minimum absolute atomic E-state index is 0.188. The smallest absolute Gasteiger partial charge is 0.235 e. The minimum atomic E-state index is -0.216. The number of rotatable bonds is 5. The van der Waals surface area contributed by atoms with E-state index < -0.39 is 0 Å². The highest BCUT2D eigenvalue weighted by atomic mass is 35.5. The van der Waals surface area contributed by atoms with E-state index >= 15 is 0 Å². The maximum Gasteiger partial charge on any atom is 0.235 e. The summed E-state index contributed by atoms with van der Waals surface area (Å²) < 4.78 is 17.4. The van der Waals surface area contributed by atoms with Crippen LogP contribution in [0.3, 0.4) is 0 Å². The monoisotopic (exact) mass is 392 g/mol. The van der Waals surface area contributed by atoms with Crippen LogP contribution in [0.25, 0.3) is 11.0 Å². The summed E-state index contributed by atoms with van der Waals surface area (Å²) in [7, 11) is 0. The van der Waals surface area contributed by atoms with Crippen LogP contribution < -0.4 is 14.9 Å². The van der Waals surface area contributed by atoms with E-state index in [9.17, 15) is 4.79 Å². The lowest BCUT2D eigenvalue weighted by Crippen LogP contribution is -2.07. The molecular weight excluding hydrogens is 376 g/mol. The SMILES string of the molecule is Cc1oc2cc(OCc3ccc(Cl)cc3)ccc2c(=O)c1Oc1ccccc1. The first kappa shape index (κ1) is 18.1. The van der Waals surface area contributed by atoms with Gasteiger partial charge >= 0.3 is 0 Å². The summed E-state index contributed by atoms with van der Waals surface area (Å²) in [4.78, 5) is 12.8. The molecule has 0 bridgehead atoms. The second-order valence-corrected chi connectivity index (χ2v) is 6.74. The van der Waals surface area contributed by atoms with Gasteiger partial charge in [0.1, 0.15) is 29.4 Å². The quantitative estimate of drug-likeness (QED) is 0.410. The van der Waals surface area contributed by atoms with E-state index in [-0.39, 0.29) is 11.2 Å². The average Bonchev–Trinajstić information content (AvgIpc) is 2.71. The highest BCUT2D eigenvalue weighted by Gasteiger charge is 2.14. The van der Waals surface area contributed by atoms with Crippen molar-refractivity contribution in [1.82, 2.24) is 0 Å². The molecule has 28 heavy (non-hydrogen) atoms. The number of halogens is 1. The summed E-state index contributed by atoms with van der Waals surface area (Å²) in [6.07, 6.45) is 0. The van der Waals surface area contributed by atoms with Crippen molar-refractivity contribution >= 4 is 22.6 Å². The number of hydrogen-bond acceptors (Lipinski definition) is 4.